The number of benzene rings is 4. The van der Waals surface area contributed by atoms with E-state index in [0.717, 1.165) is 43.7 Å². The Kier molecular flexibility index (Phi) is 7.34. The summed E-state index contributed by atoms with van der Waals surface area (Å²) in [6.45, 7) is 0. The van der Waals surface area contributed by atoms with Crippen molar-refractivity contribution in [3.05, 3.63) is 146 Å². The second kappa shape index (κ2) is 11.5. The quantitative estimate of drug-likeness (QED) is 0.194. The van der Waals surface area contributed by atoms with Gasteiger partial charge in [0.1, 0.15) is 10.1 Å². The van der Waals surface area contributed by atoms with Crippen LogP contribution in [0, 0.1) is 0 Å². The van der Waals surface area contributed by atoms with E-state index >= 15 is 0 Å². The van der Waals surface area contributed by atoms with Crippen LogP contribution < -0.4 is 0 Å². The van der Waals surface area contributed by atoms with Gasteiger partial charge in [-0.05, 0) is 68.1 Å². The molecule has 2 nitrogen and oxygen atoms in total. The maximum Gasteiger partial charge on any atom is 0.108 e. The molecule has 0 amide bonds. The normalized spacial score (nSPS) is 10.8. The average Bonchev–Trinajstić information content (AvgIpc) is 3.01. The van der Waals surface area contributed by atoms with Crippen molar-refractivity contribution in [1.29, 1.82) is 0 Å². The number of aromatic nitrogens is 2. The molecular weight excluding hydrogens is 501 g/mol. The van der Waals surface area contributed by atoms with Crippen LogP contribution >= 0.6 is 21.6 Å². The van der Waals surface area contributed by atoms with E-state index < -0.39 is 0 Å². The number of nitrogens with zero attached hydrogens (tertiary/aromatic N) is 2. The lowest BCUT2D eigenvalue weighted by molar-refractivity contribution is 1.14. The molecule has 4 heteroatoms. The zero-order valence-electron chi connectivity index (χ0n) is 20.6. The van der Waals surface area contributed by atoms with Crippen LogP contribution in [-0.2, 0) is 0 Å². The van der Waals surface area contributed by atoms with Gasteiger partial charge in [-0.1, -0.05) is 121 Å². The van der Waals surface area contributed by atoms with Crippen molar-refractivity contribution >= 4 is 21.6 Å². The summed E-state index contributed by atoms with van der Waals surface area (Å²) in [5.74, 6) is 0. The van der Waals surface area contributed by atoms with Crippen molar-refractivity contribution in [2.45, 2.75) is 10.1 Å². The van der Waals surface area contributed by atoms with Gasteiger partial charge >= 0.3 is 0 Å². The highest BCUT2D eigenvalue weighted by molar-refractivity contribution is 8.76. The molecule has 6 aromatic rings. The van der Waals surface area contributed by atoms with E-state index in [-0.39, 0.29) is 0 Å². The lowest BCUT2D eigenvalue weighted by atomic mass is 10.0. The summed E-state index contributed by atoms with van der Waals surface area (Å²) in [6.07, 6.45) is 0. The summed E-state index contributed by atoms with van der Waals surface area (Å²) < 4.78 is 0. The Bertz CT molecular complexity index is 1400. The number of hydrogen-bond acceptors (Lipinski definition) is 4. The van der Waals surface area contributed by atoms with Crippen molar-refractivity contribution in [2.24, 2.45) is 0 Å². The molecule has 0 aliphatic rings. The third kappa shape index (κ3) is 5.72. The summed E-state index contributed by atoms with van der Waals surface area (Å²) in [5.41, 5.74) is 8.79. The maximum absolute atomic E-state index is 5.02. The van der Waals surface area contributed by atoms with Crippen LogP contribution in [0.2, 0.25) is 0 Å². The Hall–Kier alpha value is -4.12. The van der Waals surface area contributed by atoms with Gasteiger partial charge in [-0.25, -0.2) is 9.97 Å². The highest BCUT2D eigenvalue weighted by Gasteiger charge is 2.11. The smallest absolute Gasteiger partial charge is 0.108 e. The molecule has 0 saturated carbocycles. The number of rotatable bonds is 7. The minimum atomic E-state index is 0.948. The summed E-state index contributed by atoms with van der Waals surface area (Å²) in [5, 5.41) is 1.90. The molecule has 182 valence electrons. The van der Waals surface area contributed by atoms with Gasteiger partial charge in [0, 0.05) is 11.1 Å². The molecule has 6 rings (SSSR count). The lowest BCUT2D eigenvalue weighted by Gasteiger charge is -2.11. The van der Waals surface area contributed by atoms with Gasteiger partial charge < -0.3 is 0 Å². The van der Waals surface area contributed by atoms with Crippen molar-refractivity contribution in [2.75, 3.05) is 0 Å². The van der Waals surface area contributed by atoms with Crippen LogP contribution in [0.15, 0.2) is 156 Å². The number of pyridine rings is 2. The second-order valence-corrected chi connectivity index (χ2v) is 11.0. The Morgan fingerprint density at radius 2 is 0.632 bits per heavy atom. The average molecular weight is 525 g/mol. The molecule has 0 aliphatic heterocycles. The largest absolute Gasteiger partial charge is 0.241 e. The van der Waals surface area contributed by atoms with Crippen LogP contribution in [0.5, 0.6) is 0 Å². The van der Waals surface area contributed by atoms with Crippen molar-refractivity contribution in [3.8, 4) is 44.8 Å². The van der Waals surface area contributed by atoms with Crippen LogP contribution in [0.3, 0.4) is 0 Å². The minimum Gasteiger partial charge on any atom is -0.241 e. The third-order valence-corrected chi connectivity index (χ3v) is 8.29. The fourth-order valence-corrected chi connectivity index (χ4v) is 6.11. The first-order valence-corrected chi connectivity index (χ1v) is 14.6. The van der Waals surface area contributed by atoms with Gasteiger partial charge in [0.15, 0.2) is 0 Å². The molecule has 0 radical (unpaired) electrons. The number of hydrogen-bond donors (Lipinski definition) is 0. The molecule has 38 heavy (non-hydrogen) atoms. The third-order valence-electron chi connectivity index (χ3n) is 6.17. The van der Waals surface area contributed by atoms with E-state index in [9.17, 15) is 0 Å². The Morgan fingerprint density at radius 1 is 0.316 bits per heavy atom. The Balaban J connectivity index is 1.37. The van der Waals surface area contributed by atoms with Crippen LogP contribution in [0.1, 0.15) is 0 Å². The zero-order valence-corrected chi connectivity index (χ0v) is 22.2. The Labute approximate surface area is 231 Å². The highest BCUT2D eigenvalue weighted by atomic mass is 33.1. The molecule has 0 atom stereocenters. The second-order valence-electron chi connectivity index (χ2n) is 8.79. The minimum absolute atomic E-state index is 0.948. The van der Waals surface area contributed by atoms with E-state index in [1.807, 2.05) is 24.3 Å². The monoisotopic (exact) mass is 524 g/mol. The lowest BCUT2D eigenvalue weighted by Crippen LogP contribution is -1.90. The SMILES string of the molecule is c1ccc(-c2cc(SSc3cc(-c4ccccc4)cc(-c4ccccc4)n3)nc(-c3ccccc3)c2)cc1. The van der Waals surface area contributed by atoms with Gasteiger partial charge in [0.2, 0.25) is 0 Å². The first-order valence-electron chi connectivity index (χ1n) is 12.4. The predicted molar refractivity (Wildman–Crippen MR) is 162 cm³/mol. The molecule has 0 unspecified atom stereocenters. The van der Waals surface area contributed by atoms with Gasteiger partial charge in [-0.2, -0.15) is 0 Å². The van der Waals surface area contributed by atoms with Gasteiger partial charge in [0.05, 0.1) is 11.4 Å². The highest BCUT2D eigenvalue weighted by Crippen LogP contribution is 2.40. The fraction of sp³-hybridized carbons (Fsp3) is 0. The first kappa shape index (κ1) is 24.2. The van der Waals surface area contributed by atoms with E-state index in [1.54, 1.807) is 21.6 Å². The van der Waals surface area contributed by atoms with Crippen LogP contribution in [0.25, 0.3) is 44.8 Å². The van der Waals surface area contributed by atoms with Gasteiger partial charge in [-0.15, -0.1) is 0 Å². The molecule has 0 fully saturated rings. The van der Waals surface area contributed by atoms with Crippen LogP contribution in [-0.4, -0.2) is 9.97 Å². The molecule has 0 bridgehead atoms. The van der Waals surface area contributed by atoms with Crippen LogP contribution in [0.4, 0.5) is 0 Å². The summed E-state index contributed by atoms with van der Waals surface area (Å²) in [6, 6.07) is 50.3. The summed E-state index contributed by atoms with van der Waals surface area (Å²) in [4.78, 5) is 10.0. The van der Waals surface area contributed by atoms with Crippen molar-refractivity contribution < 1.29 is 0 Å². The van der Waals surface area contributed by atoms with Gasteiger partial charge in [0.25, 0.3) is 0 Å². The van der Waals surface area contributed by atoms with E-state index in [4.69, 9.17) is 9.97 Å². The standard InChI is InChI=1S/C34H24N2S2/c1-5-13-25(14-6-1)29-21-31(27-17-9-3-10-18-27)35-33(23-29)37-38-34-24-30(26-15-7-2-8-16-26)22-32(36-34)28-19-11-4-12-20-28/h1-24H. The molecule has 4 aromatic carbocycles. The summed E-state index contributed by atoms with van der Waals surface area (Å²) in [7, 11) is 3.28. The predicted octanol–water partition coefficient (Wildman–Crippen LogP) is 9.94. The fourth-order valence-electron chi connectivity index (χ4n) is 4.29. The van der Waals surface area contributed by atoms with Crippen molar-refractivity contribution in [3.63, 3.8) is 0 Å². The van der Waals surface area contributed by atoms with E-state index in [2.05, 4.69) is 121 Å². The Morgan fingerprint density at radius 3 is 0.974 bits per heavy atom. The van der Waals surface area contributed by atoms with Gasteiger partial charge in [-0.3, -0.25) is 0 Å². The van der Waals surface area contributed by atoms with E-state index in [0.29, 0.717) is 0 Å². The molecule has 0 spiro atoms. The maximum atomic E-state index is 5.02. The molecule has 0 aliphatic carbocycles. The molecule has 2 aromatic heterocycles. The first-order chi connectivity index (χ1) is 18.8. The molecular formula is C34H24N2S2. The molecule has 2 heterocycles. The topological polar surface area (TPSA) is 25.8 Å². The molecule has 0 saturated heterocycles. The summed E-state index contributed by atoms with van der Waals surface area (Å²) >= 11 is 0. The van der Waals surface area contributed by atoms with E-state index in [1.165, 1.54) is 11.1 Å². The van der Waals surface area contributed by atoms with Crippen molar-refractivity contribution in [1.82, 2.24) is 9.97 Å². The zero-order chi connectivity index (χ0) is 25.6. The molecule has 0 N–H and O–H groups in total.